The van der Waals surface area contributed by atoms with Crippen LogP contribution in [0.15, 0.2) is 16.9 Å². The Hall–Kier alpha value is -2.71. The van der Waals surface area contributed by atoms with Crippen LogP contribution in [0.4, 0.5) is 23.1 Å². The van der Waals surface area contributed by atoms with Crippen molar-refractivity contribution in [2.45, 2.75) is 19.8 Å². The van der Waals surface area contributed by atoms with Crippen molar-refractivity contribution in [1.82, 2.24) is 15.1 Å². The molecule has 1 saturated heterocycles. The van der Waals surface area contributed by atoms with E-state index in [2.05, 4.69) is 20.4 Å². The van der Waals surface area contributed by atoms with Crippen molar-refractivity contribution in [3.05, 3.63) is 28.3 Å². The molecule has 0 amide bonds. The molecule has 1 fully saturated rings. The van der Waals surface area contributed by atoms with E-state index in [0.717, 1.165) is 25.9 Å². The molecule has 2 aromatic rings. The zero-order valence-electron chi connectivity index (χ0n) is 11.4. The van der Waals surface area contributed by atoms with E-state index in [9.17, 15) is 10.1 Å². The summed E-state index contributed by atoms with van der Waals surface area (Å²) < 4.78 is 4.93. The zero-order valence-corrected chi connectivity index (χ0v) is 11.4. The van der Waals surface area contributed by atoms with Crippen molar-refractivity contribution in [2.24, 2.45) is 0 Å². The summed E-state index contributed by atoms with van der Waals surface area (Å²) in [6.45, 7) is 3.27. The van der Waals surface area contributed by atoms with Crippen LogP contribution in [0.5, 0.6) is 0 Å². The lowest BCUT2D eigenvalue weighted by Crippen LogP contribution is -2.21. The summed E-state index contributed by atoms with van der Waals surface area (Å²) in [5.41, 5.74) is -0.139. The minimum absolute atomic E-state index is 0.116. The van der Waals surface area contributed by atoms with E-state index < -0.39 is 4.92 Å². The fourth-order valence-electron chi connectivity index (χ4n) is 2.34. The van der Waals surface area contributed by atoms with Gasteiger partial charge in [-0.1, -0.05) is 5.16 Å². The number of anilines is 3. The van der Waals surface area contributed by atoms with Crippen molar-refractivity contribution in [3.63, 3.8) is 0 Å². The number of aromatic nitrogens is 3. The van der Waals surface area contributed by atoms with Gasteiger partial charge < -0.3 is 14.7 Å². The first kappa shape index (κ1) is 13.3. The molecule has 21 heavy (non-hydrogen) atoms. The molecule has 0 radical (unpaired) electrons. The highest BCUT2D eigenvalue weighted by Gasteiger charge is 2.28. The maximum absolute atomic E-state index is 11.4. The molecular formula is C12H14N6O3. The first-order valence-corrected chi connectivity index (χ1v) is 6.60. The van der Waals surface area contributed by atoms with Crippen LogP contribution in [0.3, 0.4) is 0 Å². The maximum Gasteiger partial charge on any atom is 0.353 e. The van der Waals surface area contributed by atoms with E-state index in [4.69, 9.17) is 4.52 Å². The quantitative estimate of drug-likeness (QED) is 0.672. The third-order valence-corrected chi connectivity index (χ3v) is 3.27. The molecule has 0 atom stereocenters. The van der Waals surface area contributed by atoms with Crippen molar-refractivity contribution in [3.8, 4) is 0 Å². The summed E-state index contributed by atoms with van der Waals surface area (Å²) in [6.07, 6.45) is 3.33. The van der Waals surface area contributed by atoms with Gasteiger partial charge in [0.05, 0.1) is 4.92 Å². The molecule has 0 aromatic carbocycles. The Kier molecular flexibility index (Phi) is 3.38. The summed E-state index contributed by atoms with van der Waals surface area (Å²) in [6, 6.07) is 1.64. The number of hydrogen-bond donors (Lipinski definition) is 1. The number of hydrogen-bond acceptors (Lipinski definition) is 8. The van der Waals surface area contributed by atoms with Crippen LogP contribution in [-0.2, 0) is 0 Å². The van der Waals surface area contributed by atoms with Crippen LogP contribution in [0.1, 0.15) is 18.6 Å². The Balaban J connectivity index is 1.99. The molecule has 1 N–H and O–H groups in total. The smallest absolute Gasteiger partial charge is 0.353 e. The Bertz CT molecular complexity index is 665. The third kappa shape index (κ3) is 2.62. The molecule has 1 aliphatic heterocycles. The van der Waals surface area contributed by atoms with Crippen molar-refractivity contribution in [2.75, 3.05) is 23.3 Å². The molecule has 3 rings (SSSR count). The van der Waals surface area contributed by atoms with Gasteiger partial charge in [-0.05, 0) is 19.8 Å². The maximum atomic E-state index is 11.4. The van der Waals surface area contributed by atoms with Gasteiger partial charge >= 0.3 is 5.69 Å². The highest BCUT2D eigenvalue weighted by Crippen LogP contribution is 2.34. The Morgan fingerprint density at radius 1 is 1.38 bits per heavy atom. The number of nitro groups is 1. The van der Waals surface area contributed by atoms with Gasteiger partial charge in [0.25, 0.3) is 0 Å². The second-order valence-corrected chi connectivity index (χ2v) is 4.79. The molecule has 0 spiro atoms. The topological polar surface area (TPSA) is 110 Å². The predicted octanol–water partition coefficient (Wildman–Crippen LogP) is 2.03. The van der Waals surface area contributed by atoms with Gasteiger partial charge in [0.1, 0.15) is 12.1 Å². The Labute approximate surface area is 120 Å². The minimum Gasteiger partial charge on any atom is -0.360 e. The van der Waals surface area contributed by atoms with Gasteiger partial charge in [-0.3, -0.25) is 10.1 Å². The number of nitrogens with one attached hydrogen (secondary N) is 1. The SMILES string of the molecule is Cc1cc(Nc2ncnc(N3CCCC3)c2[N+](=O)[O-])no1. The van der Waals surface area contributed by atoms with Gasteiger partial charge in [0, 0.05) is 19.2 Å². The average molecular weight is 290 g/mol. The van der Waals surface area contributed by atoms with Crippen LogP contribution in [0.25, 0.3) is 0 Å². The second kappa shape index (κ2) is 5.35. The Morgan fingerprint density at radius 2 is 2.14 bits per heavy atom. The Morgan fingerprint density at radius 3 is 2.76 bits per heavy atom. The third-order valence-electron chi connectivity index (χ3n) is 3.27. The molecule has 9 nitrogen and oxygen atoms in total. The number of rotatable bonds is 4. The summed E-state index contributed by atoms with van der Waals surface area (Å²) >= 11 is 0. The standard InChI is InChI=1S/C12H14N6O3/c1-8-6-9(16-21-8)15-11-10(18(19)20)12(14-7-13-11)17-4-2-3-5-17/h6-7H,2-5H2,1H3,(H,13,14,15,16). The molecule has 0 bridgehead atoms. The molecule has 9 heteroatoms. The van der Waals surface area contributed by atoms with E-state index >= 15 is 0 Å². The molecule has 0 unspecified atom stereocenters. The number of aryl methyl sites for hydroxylation is 1. The van der Waals surface area contributed by atoms with Crippen molar-refractivity contribution in [1.29, 1.82) is 0 Å². The van der Waals surface area contributed by atoms with E-state index in [1.807, 2.05) is 4.90 Å². The van der Waals surface area contributed by atoms with Crippen LogP contribution < -0.4 is 10.2 Å². The van der Waals surface area contributed by atoms with Gasteiger partial charge in [-0.15, -0.1) is 0 Å². The summed E-state index contributed by atoms with van der Waals surface area (Å²) in [5, 5.41) is 18.0. The molecule has 0 aliphatic carbocycles. The van der Waals surface area contributed by atoms with Crippen LogP contribution in [0.2, 0.25) is 0 Å². The second-order valence-electron chi connectivity index (χ2n) is 4.79. The molecule has 0 saturated carbocycles. The van der Waals surface area contributed by atoms with Gasteiger partial charge in [0.2, 0.25) is 11.6 Å². The highest BCUT2D eigenvalue weighted by molar-refractivity contribution is 5.73. The fourth-order valence-corrected chi connectivity index (χ4v) is 2.34. The van der Waals surface area contributed by atoms with Crippen molar-refractivity contribution < 1.29 is 9.45 Å². The first-order chi connectivity index (χ1) is 10.1. The van der Waals surface area contributed by atoms with Crippen molar-refractivity contribution >= 4 is 23.1 Å². The normalized spacial score (nSPS) is 14.4. The van der Waals surface area contributed by atoms with Crippen LogP contribution in [0, 0.1) is 17.0 Å². The zero-order chi connectivity index (χ0) is 14.8. The lowest BCUT2D eigenvalue weighted by atomic mass is 10.4. The molecule has 2 aromatic heterocycles. The summed E-state index contributed by atoms with van der Waals surface area (Å²) in [7, 11) is 0. The molecular weight excluding hydrogens is 276 g/mol. The van der Waals surface area contributed by atoms with Gasteiger partial charge in [0.15, 0.2) is 5.82 Å². The number of nitrogens with zero attached hydrogens (tertiary/aromatic N) is 5. The largest absolute Gasteiger partial charge is 0.360 e. The van der Waals surface area contributed by atoms with E-state index in [1.165, 1.54) is 6.33 Å². The highest BCUT2D eigenvalue weighted by atomic mass is 16.6. The van der Waals surface area contributed by atoms with Crippen LogP contribution >= 0.6 is 0 Å². The summed E-state index contributed by atoms with van der Waals surface area (Å²) in [4.78, 5) is 20.9. The molecule has 3 heterocycles. The molecule has 1 aliphatic rings. The van der Waals surface area contributed by atoms with E-state index in [-0.39, 0.29) is 11.5 Å². The van der Waals surface area contributed by atoms with E-state index in [1.54, 1.807) is 13.0 Å². The van der Waals surface area contributed by atoms with E-state index in [0.29, 0.717) is 17.4 Å². The monoisotopic (exact) mass is 290 g/mol. The molecule has 110 valence electrons. The lowest BCUT2D eigenvalue weighted by Gasteiger charge is -2.16. The minimum atomic E-state index is -0.469. The van der Waals surface area contributed by atoms with Gasteiger partial charge in [-0.2, -0.15) is 0 Å². The lowest BCUT2D eigenvalue weighted by molar-refractivity contribution is -0.383. The summed E-state index contributed by atoms with van der Waals surface area (Å²) in [5.74, 6) is 1.44. The fraction of sp³-hybridized carbons (Fsp3) is 0.417. The van der Waals surface area contributed by atoms with Gasteiger partial charge in [-0.25, -0.2) is 9.97 Å². The average Bonchev–Trinajstić information content (AvgIpc) is 3.10. The van der Waals surface area contributed by atoms with Crippen LogP contribution in [-0.4, -0.2) is 33.1 Å². The first-order valence-electron chi connectivity index (χ1n) is 6.60. The predicted molar refractivity (Wildman–Crippen MR) is 74.7 cm³/mol.